The third kappa shape index (κ3) is 39.7. The van der Waals surface area contributed by atoms with E-state index in [0.29, 0.717) is 25.6 Å². The molecule has 0 aromatic rings. The topological polar surface area (TPSA) is 65.1 Å². The lowest BCUT2D eigenvalue weighted by Gasteiger charge is -2.24. The van der Waals surface area contributed by atoms with Gasteiger partial charge in [-0.3, -0.25) is 4.79 Å². The fraction of sp³-hybridized carbons (Fsp3) is 0.872. The summed E-state index contributed by atoms with van der Waals surface area (Å²) in [6, 6.07) is 0. The van der Waals surface area contributed by atoms with Gasteiger partial charge in [-0.15, -0.1) is 0 Å². The lowest BCUT2D eigenvalue weighted by molar-refractivity contribution is -0.143. The molecule has 0 aliphatic heterocycles. The van der Waals surface area contributed by atoms with Crippen molar-refractivity contribution >= 4 is 12.1 Å². The van der Waals surface area contributed by atoms with E-state index in [0.717, 1.165) is 64.3 Å². The summed E-state index contributed by atoms with van der Waals surface area (Å²) in [5, 5.41) is 0. The second kappa shape index (κ2) is 41.3. The second-order valence-corrected chi connectivity index (χ2v) is 15.9. The number of carbonyl (C=O) groups is 2. The molecule has 0 saturated heterocycles. The molecule has 0 radical (unpaired) electrons. The van der Waals surface area contributed by atoms with Crippen LogP contribution in [0.3, 0.4) is 0 Å². The summed E-state index contributed by atoms with van der Waals surface area (Å²) in [6.07, 6.45) is 44.2. The van der Waals surface area contributed by atoms with Crippen LogP contribution in [0.15, 0.2) is 24.3 Å². The Bertz CT molecular complexity index is 825. The van der Waals surface area contributed by atoms with E-state index in [-0.39, 0.29) is 12.1 Å². The summed E-state index contributed by atoms with van der Waals surface area (Å²) in [7, 11) is 4.05. The molecule has 0 aromatic heterocycles. The van der Waals surface area contributed by atoms with Gasteiger partial charge in [0.25, 0.3) is 0 Å². The van der Waals surface area contributed by atoms with Crippen LogP contribution in [0, 0.1) is 5.92 Å². The molecule has 0 rings (SSSR count). The lowest BCUT2D eigenvalue weighted by Crippen LogP contribution is -2.24. The highest BCUT2D eigenvalue weighted by atomic mass is 16.7. The predicted molar refractivity (Wildman–Crippen MR) is 228 cm³/mol. The number of allylic oxidation sites excluding steroid dienone is 4. The zero-order chi connectivity index (χ0) is 38.9. The van der Waals surface area contributed by atoms with Crippen LogP contribution in [-0.4, -0.2) is 57.0 Å². The van der Waals surface area contributed by atoms with E-state index in [2.05, 4.69) is 50.0 Å². The van der Waals surface area contributed by atoms with Crippen molar-refractivity contribution in [2.24, 2.45) is 5.92 Å². The van der Waals surface area contributed by atoms with Crippen LogP contribution in [0.5, 0.6) is 0 Å². The molecule has 0 saturated carbocycles. The molecule has 6 nitrogen and oxygen atoms in total. The van der Waals surface area contributed by atoms with Crippen LogP contribution in [-0.2, 0) is 19.0 Å². The Balaban J connectivity index is 4.57. The summed E-state index contributed by atoms with van der Waals surface area (Å²) in [5.41, 5.74) is 0. The number of hydrogen-bond acceptors (Lipinski definition) is 6. The number of carbonyl (C=O) groups excluding carboxylic acids is 2. The molecule has 0 amide bonds. The minimum absolute atomic E-state index is 0.0808. The molecule has 0 aliphatic carbocycles. The van der Waals surface area contributed by atoms with Crippen molar-refractivity contribution in [1.29, 1.82) is 0 Å². The summed E-state index contributed by atoms with van der Waals surface area (Å²) < 4.78 is 17.0. The summed E-state index contributed by atoms with van der Waals surface area (Å²) in [4.78, 5) is 27.2. The van der Waals surface area contributed by atoms with E-state index in [1.807, 2.05) is 14.1 Å². The Morgan fingerprint density at radius 2 is 1.02 bits per heavy atom. The average molecular weight is 748 g/mol. The normalized spacial score (nSPS) is 12.4. The van der Waals surface area contributed by atoms with Crippen molar-refractivity contribution in [1.82, 2.24) is 4.90 Å². The van der Waals surface area contributed by atoms with Crippen LogP contribution in [0.4, 0.5) is 4.79 Å². The Kier molecular flexibility index (Phi) is 39.9. The van der Waals surface area contributed by atoms with Gasteiger partial charge in [0.2, 0.25) is 0 Å². The first-order chi connectivity index (χ1) is 25.9. The van der Waals surface area contributed by atoms with Crippen molar-refractivity contribution in [3.05, 3.63) is 24.3 Å². The van der Waals surface area contributed by atoms with Gasteiger partial charge >= 0.3 is 12.1 Å². The maximum absolute atomic E-state index is 12.7. The lowest BCUT2D eigenvalue weighted by atomic mass is 9.88. The van der Waals surface area contributed by atoms with Gasteiger partial charge in [-0.25, -0.2) is 4.79 Å². The number of hydrogen-bond donors (Lipinski definition) is 0. The molecule has 53 heavy (non-hydrogen) atoms. The molecular weight excluding hydrogens is 659 g/mol. The van der Waals surface area contributed by atoms with Gasteiger partial charge in [-0.05, 0) is 90.6 Å². The standard InChI is InChI=1S/C47H89NO5/c1-6-9-12-15-18-19-20-21-22-23-24-25-26-29-32-39-46(49)51-41-34-33-38-45(53-47(50)52-42-35-40-48(4)5)43-44(36-30-27-16-13-10-7-2)37-31-28-17-14-11-8-3/h18-19,21-22,44-45H,6-17,20,23-43H2,1-5H3/b19-18+,22-21+. The van der Waals surface area contributed by atoms with E-state index < -0.39 is 6.16 Å². The molecule has 1 atom stereocenters. The highest BCUT2D eigenvalue weighted by Gasteiger charge is 2.21. The third-order valence-corrected chi connectivity index (χ3v) is 10.3. The Labute approximate surface area is 330 Å². The molecule has 0 spiro atoms. The van der Waals surface area contributed by atoms with Crippen molar-refractivity contribution in [2.75, 3.05) is 33.9 Å². The van der Waals surface area contributed by atoms with Gasteiger partial charge < -0.3 is 19.1 Å². The van der Waals surface area contributed by atoms with Crippen molar-refractivity contribution in [3.63, 3.8) is 0 Å². The van der Waals surface area contributed by atoms with Crippen LogP contribution in [0.2, 0.25) is 0 Å². The Morgan fingerprint density at radius 3 is 1.62 bits per heavy atom. The van der Waals surface area contributed by atoms with Crippen molar-refractivity contribution in [3.8, 4) is 0 Å². The largest absolute Gasteiger partial charge is 0.508 e. The highest BCUT2D eigenvalue weighted by molar-refractivity contribution is 5.69. The number of ether oxygens (including phenoxy) is 3. The fourth-order valence-electron chi connectivity index (χ4n) is 6.92. The maximum Gasteiger partial charge on any atom is 0.508 e. The fourth-order valence-corrected chi connectivity index (χ4v) is 6.92. The van der Waals surface area contributed by atoms with Gasteiger partial charge in [-0.1, -0.05) is 167 Å². The summed E-state index contributed by atoms with van der Waals surface area (Å²) in [5.74, 6) is 0.489. The first-order valence-electron chi connectivity index (χ1n) is 22.9. The monoisotopic (exact) mass is 748 g/mol. The van der Waals surface area contributed by atoms with Gasteiger partial charge in [-0.2, -0.15) is 0 Å². The quantitative estimate of drug-likeness (QED) is 0.0353. The van der Waals surface area contributed by atoms with Gasteiger partial charge in [0.05, 0.1) is 13.2 Å². The highest BCUT2D eigenvalue weighted by Crippen LogP contribution is 2.27. The smallest absolute Gasteiger partial charge is 0.466 e. The van der Waals surface area contributed by atoms with E-state index in [4.69, 9.17) is 14.2 Å². The number of rotatable bonds is 40. The summed E-state index contributed by atoms with van der Waals surface area (Å²) in [6.45, 7) is 8.49. The molecule has 0 aliphatic rings. The molecule has 0 bridgehead atoms. The van der Waals surface area contributed by atoms with Crippen LogP contribution < -0.4 is 0 Å². The summed E-state index contributed by atoms with van der Waals surface area (Å²) >= 11 is 0. The SMILES string of the molecule is CCCCC/C=C/C/C=C/CCCCCCCC(=O)OCCCCC(CC(CCCCCCCC)CCCCCCCC)OC(=O)OCCCN(C)C. The number of nitrogens with zero attached hydrogens (tertiary/aromatic N) is 1. The van der Waals surface area contributed by atoms with Gasteiger partial charge in [0.1, 0.15) is 6.10 Å². The van der Waals surface area contributed by atoms with E-state index in [1.165, 1.54) is 135 Å². The number of esters is 1. The third-order valence-electron chi connectivity index (χ3n) is 10.3. The first kappa shape index (κ1) is 51.2. The molecule has 6 heteroatoms. The molecular formula is C47H89NO5. The van der Waals surface area contributed by atoms with Crippen LogP contribution in [0.25, 0.3) is 0 Å². The number of unbranched alkanes of at least 4 members (excludes halogenated alkanes) is 19. The predicted octanol–water partition coefficient (Wildman–Crippen LogP) is 14.5. The minimum Gasteiger partial charge on any atom is -0.466 e. The Hall–Kier alpha value is -1.82. The Morgan fingerprint density at radius 1 is 0.528 bits per heavy atom. The van der Waals surface area contributed by atoms with Crippen molar-refractivity contribution < 1.29 is 23.8 Å². The first-order valence-corrected chi connectivity index (χ1v) is 22.9. The van der Waals surface area contributed by atoms with E-state index in [1.54, 1.807) is 0 Å². The molecule has 1 unspecified atom stereocenters. The van der Waals surface area contributed by atoms with Crippen molar-refractivity contribution in [2.45, 2.75) is 226 Å². The van der Waals surface area contributed by atoms with Crippen LogP contribution in [0.1, 0.15) is 220 Å². The molecule has 312 valence electrons. The van der Waals surface area contributed by atoms with E-state index >= 15 is 0 Å². The molecule has 0 heterocycles. The molecule has 0 fully saturated rings. The second-order valence-electron chi connectivity index (χ2n) is 15.9. The zero-order valence-electron chi connectivity index (χ0n) is 36.0. The van der Waals surface area contributed by atoms with E-state index in [9.17, 15) is 9.59 Å². The minimum atomic E-state index is -0.532. The van der Waals surface area contributed by atoms with Gasteiger partial charge in [0.15, 0.2) is 0 Å². The van der Waals surface area contributed by atoms with Gasteiger partial charge in [0, 0.05) is 13.0 Å². The zero-order valence-corrected chi connectivity index (χ0v) is 36.0. The molecule has 0 N–H and O–H groups in total. The van der Waals surface area contributed by atoms with Crippen LogP contribution >= 0.6 is 0 Å². The molecule has 0 aromatic carbocycles. The maximum atomic E-state index is 12.7. The average Bonchev–Trinajstić information content (AvgIpc) is 3.14.